The van der Waals surface area contributed by atoms with Crippen LogP contribution in [0.5, 0.6) is 0 Å². The molecule has 0 aliphatic carbocycles. The van der Waals surface area contributed by atoms with Gasteiger partial charge in [0.15, 0.2) is 5.65 Å². The van der Waals surface area contributed by atoms with Gasteiger partial charge in [0.1, 0.15) is 17.8 Å². The van der Waals surface area contributed by atoms with Crippen LogP contribution in [0.3, 0.4) is 0 Å². The van der Waals surface area contributed by atoms with Gasteiger partial charge in [-0.05, 0) is 32.4 Å². The number of nitrogen functional groups attached to an aromatic ring is 1. The third-order valence-electron chi connectivity index (χ3n) is 4.02. The first kappa shape index (κ1) is 17.3. The number of hydrogen-bond acceptors (Lipinski definition) is 6. The predicted molar refractivity (Wildman–Crippen MR) is 105 cm³/mol. The van der Waals surface area contributed by atoms with Crippen LogP contribution >= 0.6 is 11.3 Å². The summed E-state index contributed by atoms with van der Waals surface area (Å²) in [6.07, 6.45) is 2.43. The van der Waals surface area contributed by atoms with Crippen LogP contribution in [0, 0.1) is 0 Å². The lowest BCUT2D eigenvalue weighted by molar-refractivity contribution is 0.548. The molecule has 25 heavy (non-hydrogen) atoms. The molecule has 0 bridgehead atoms. The minimum absolute atomic E-state index is 0. The van der Waals surface area contributed by atoms with Crippen LogP contribution in [-0.2, 0) is 6.42 Å². The third-order valence-corrected chi connectivity index (χ3v) is 5.18. The topological polar surface area (TPSA) is 82.5 Å². The van der Waals surface area contributed by atoms with Gasteiger partial charge in [-0.1, -0.05) is 20.4 Å². The number of aryl methyl sites for hydroxylation is 1. The van der Waals surface area contributed by atoms with E-state index in [9.17, 15) is 0 Å². The van der Waals surface area contributed by atoms with Crippen molar-refractivity contribution < 1.29 is 0 Å². The highest BCUT2D eigenvalue weighted by molar-refractivity contribution is 7.18. The molecule has 7 heteroatoms. The molecule has 0 saturated carbocycles. The molecule has 0 fully saturated rings. The van der Waals surface area contributed by atoms with Crippen molar-refractivity contribution in [1.82, 2.24) is 24.7 Å². The van der Waals surface area contributed by atoms with Gasteiger partial charge in [-0.3, -0.25) is 0 Å². The van der Waals surface area contributed by atoms with E-state index in [1.807, 2.05) is 16.8 Å². The maximum atomic E-state index is 6.13. The van der Waals surface area contributed by atoms with Crippen molar-refractivity contribution >= 4 is 38.4 Å². The molecule has 0 spiro atoms. The van der Waals surface area contributed by atoms with Gasteiger partial charge in [-0.2, -0.15) is 5.10 Å². The molecule has 4 aromatic rings. The van der Waals surface area contributed by atoms with Crippen molar-refractivity contribution in [2.75, 3.05) is 5.73 Å². The van der Waals surface area contributed by atoms with E-state index in [1.165, 1.54) is 6.33 Å². The van der Waals surface area contributed by atoms with Crippen molar-refractivity contribution in [1.29, 1.82) is 0 Å². The predicted octanol–water partition coefficient (Wildman–Crippen LogP) is 4.46. The summed E-state index contributed by atoms with van der Waals surface area (Å²) in [5.74, 6) is 0.459. The van der Waals surface area contributed by atoms with Gasteiger partial charge >= 0.3 is 0 Å². The van der Waals surface area contributed by atoms with Crippen molar-refractivity contribution in [2.45, 2.75) is 40.7 Å². The zero-order valence-corrected chi connectivity index (χ0v) is 14.6. The summed E-state index contributed by atoms with van der Waals surface area (Å²) in [5.41, 5.74) is 9.76. The summed E-state index contributed by atoms with van der Waals surface area (Å²) < 4.78 is 3.06. The van der Waals surface area contributed by atoms with Crippen LogP contribution < -0.4 is 5.73 Å². The minimum Gasteiger partial charge on any atom is -0.383 e. The molecule has 0 amide bonds. The third kappa shape index (κ3) is 2.74. The lowest BCUT2D eigenvalue weighted by atomic mass is 10.1. The normalized spacial score (nSPS) is 11.4. The second-order valence-corrected chi connectivity index (χ2v) is 7.10. The summed E-state index contributed by atoms with van der Waals surface area (Å²) >= 11 is 1.72. The molecule has 0 aliphatic rings. The van der Waals surface area contributed by atoms with Crippen LogP contribution in [0.4, 0.5) is 5.82 Å². The molecule has 1 aromatic carbocycles. The quantitative estimate of drug-likeness (QED) is 0.587. The Morgan fingerprint density at radius 1 is 1.24 bits per heavy atom. The molecule has 3 heterocycles. The van der Waals surface area contributed by atoms with Crippen molar-refractivity contribution in [3.8, 4) is 11.3 Å². The lowest BCUT2D eigenvalue weighted by Crippen LogP contribution is -2.04. The van der Waals surface area contributed by atoms with E-state index in [-0.39, 0.29) is 13.5 Å². The van der Waals surface area contributed by atoms with E-state index in [0.29, 0.717) is 5.82 Å². The first-order chi connectivity index (χ1) is 11.6. The van der Waals surface area contributed by atoms with Crippen LogP contribution in [0.15, 0.2) is 24.5 Å². The Hall–Kier alpha value is -2.54. The first-order valence-electron chi connectivity index (χ1n) is 7.97. The van der Waals surface area contributed by atoms with Crippen LogP contribution in [0.25, 0.3) is 32.5 Å². The second-order valence-electron chi connectivity index (χ2n) is 5.99. The monoisotopic (exact) mass is 354 g/mol. The highest BCUT2D eigenvalue weighted by Gasteiger charge is 2.19. The molecule has 0 aliphatic heterocycles. The second kappa shape index (κ2) is 6.40. The molecule has 0 unspecified atom stereocenters. The summed E-state index contributed by atoms with van der Waals surface area (Å²) in [6.45, 7) is 6.28. The van der Waals surface area contributed by atoms with E-state index in [1.54, 1.807) is 11.3 Å². The Morgan fingerprint density at radius 2 is 2.04 bits per heavy atom. The van der Waals surface area contributed by atoms with Crippen molar-refractivity contribution in [3.05, 3.63) is 29.5 Å². The molecule has 3 aromatic heterocycles. The van der Waals surface area contributed by atoms with E-state index in [0.717, 1.165) is 43.9 Å². The number of aromatic nitrogens is 5. The van der Waals surface area contributed by atoms with E-state index in [4.69, 9.17) is 10.8 Å². The zero-order chi connectivity index (χ0) is 16.8. The fourth-order valence-electron chi connectivity index (χ4n) is 2.83. The molecule has 0 radical (unpaired) electrons. The lowest BCUT2D eigenvalue weighted by Gasteiger charge is -2.05. The number of benzene rings is 1. The standard InChI is InChI=1S/C17H18N6S.CH4/c1-4-13-21-11-6-5-10(7-12(11)24-13)15-14-16(18)19-8-20-17(14)23(22-15)9(2)3;/h5-9H,4H2,1-3H3,(H2,18,19,20);1H4. The summed E-state index contributed by atoms with van der Waals surface area (Å²) in [7, 11) is 0. The Balaban J connectivity index is 0.00000182. The Bertz CT molecular complexity index is 1050. The van der Waals surface area contributed by atoms with Gasteiger partial charge in [-0.25, -0.2) is 19.6 Å². The summed E-state index contributed by atoms with van der Waals surface area (Å²) in [4.78, 5) is 13.2. The number of thiazole rings is 1. The number of nitrogens with two attached hydrogens (primary N) is 1. The largest absolute Gasteiger partial charge is 0.383 e. The van der Waals surface area contributed by atoms with Gasteiger partial charge in [0.2, 0.25) is 0 Å². The Labute approximate surface area is 150 Å². The molecule has 0 saturated heterocycles. The Morgan fingerprint density at radius 3 is 2.76 bits per heavy atom. The van der Waals surface area contributed by atoms with Crippen molar-refractivity contribution in [2.24, 2.45) is 0 Å². The van der Waals surface area contributed by atoms with Crippen LogP contribution in [0.1, 0.15) is 39.2 Å². The number of nitrogens with zero attached hydrogens (tertiary/aromatic N) is 5. The van der Waals surface area contributed by atoms with Gasteiger partial charge < -0.3 is 5.73 Å². The first-order valence-corrected chi connectivity index (χ1v) is 8.78. The van der Waals surface area contributed by atoms with Gasteiger partial charge in [0.25, 0.3) is 0 Å². The molecule has 6 nitrogen and oxygen atoms in total. The smallest absolute Gasteiger partial charge is 0.164 e. The summed E-state index contributed by atoms with van der Waals surface area (Å²) in [6, 6.07) is 6.40. The molecular weight excluding hydrogens is 332 g/mol. The highest BCUT2D eigenvalue weighted by Crippen LogP contribution is 2.34. The highest BCUT2D eigenvalue weighted by atomic mass is 32.1. The average Bonchev–Trinajstić information content (AvgIpc) is 3.15. The molecule has 4 rings (SSSR count). The van der Waals surface area contributed by atoms with E-state index in [2.05, 4.69) is 41.8 Å². The molecular formula is C18H22N6S. The molecule has 2 N–H and O–H groups in total. The van der Waals surface area contributed by atoms with Gasteiger partial charge in [0, 0.05) is 11.6 Å². The fraction of sp³-hybridized carbons (Fsp3) is 0.333. The maximum Gasteiger partial charge on any atom is 0.164 e. The van der Waals surface area contributed by atoms with Crippen molar-refractivity contribution in [3.63, 3.8) is 0 Å². The molecule has 0 atom stereocenters. The molecule has 130 valence electrons. The summed E-state index contributed by atoms with van der Waals surface area (Å²) in [5, 5.41) is 6.72. The minimum atomic E-state index is 0. The number of hydrogen-bond donors (Lipinski definition) is 1. The zero-order valence-electron chi connectivity index (χ0n) is 13.8. The van der Waals surface area contributed by atoms with Gasteiger partial charge in [-0.15, -0.1) is 11.3 Å². The maximum absolute atomic E-state index is 6.13. The fourth-order valence-corrected chi connectivity index (χ4v) is 3.77. The SMILES string of the molecule is C.CCc1nc2ccc(-c3nn(C(C)C)c4ncnc(N)c34)cc2s1. The average molecular weight is 354 g/mol. The number of fused-ring (bicyclic) bond motifs is 2. The number of anilines is 1. The van der Waals surface area contributed by atoms with Crippen LogP contribution in [0.2, 0.25) is 0 Å². The van der Waals surface area contributed by atoms with Gasteiger partial charge in [0.05, 0.1) is 20.6 Å². The van der Waals surface area contributed by atoms with Crippen LogP contribution in [-0.4, -0.2) is 24.7 Å². The number of rotatable bonds is 3. The van der Waals surface area contributed by atoms with E-state index >= 15 is 0 Å². The Kier molecular flexibility index (Phi) is 4.43. The van der Waals surface area contributed by atoms with E-state index < -0.39 is 0 Å².